The Morgan fingerprint density at radius 3 is 2.60 bits per heavy atom. The Balaban J connectivity index is 1.69. The van der Waals surface area contributed by atoms with Crippen LogP contribution >= 0.6 is 11.6 Å². The number of rotatable bonds is 4. The van der Waals surface area contributed by atoms with Crippen LogP contribution in [0.15, 0.2) is 30.6 Å². The Kier molecular flexibility index (Phi) is 5.38. The Morgan fingerprint density at radius 1 is 1.28 bits per heavy atom. The molecule has 0 radical (unpaired) electrons. The molecule has 0 bridgehead atoms. The Bertz CT molecular complexity index is 743. The van der Waals surface area contributed by atoms with Crippen LogP contribution in [0.3, 0.4) is 0 Å². The minimum absolute atomic E-state index is 0.317. The highest BCUT2D eigenvalue weighted by molar-refractivity contribution is 6.31. The van der Waals surface area contributed by atoms with E-state index in [2.05, 4.69) is 27.1 Å². The lowest BCUT2D eigenvalue weighted by atomic mass is 10.00. The first-order valence-electron chi connectivity index (χ1n) is 8.28. The molecule has 1 fully saturated rings. The summed E-state index contributed by atoms with van der Waals surface area (Å²) in [6, 6.07) is 4.91. The molecule has 2 heterocycles. The average molecular weight is 361 g/mol. The van der Waals surface area contributed by atoms with Crippen molar-refractivity contribution >= 4 is 29.1 Å². The summed E-state index contributed by atoms with van der Waals surface area (Å²) in [5.41, 5.74) is 0.894. The van der Waals surface area contributed by atoms with Crippen molar-refractivity contribution in [3.05, 3.63) is 41.2 Å². The summed E-state index contributed by atoms with van der Waals surface area (Å²) in [5, 5.41) is 3.25. The predicted molar refractivity (Wildman–Crippen MR) is 98.6 cm³/mol. The van der Waals surface area contributed by atoms with Gasteiger partial charge in [-0.3, -0.25) is 4.79 Å². The van der Waals surface area contributed by atoms with E-state index >= 15 is 0 Å². The number of piperidine rings is 1. The van der Waals surface area contributed by atoms with Crippen LogP contribution < -0.4 is 15.0 Å². The highest BCUT2D eigenvalue weighted by Gasteiger charge is 2.18. The number of ether oxygens (including phenoxy) is 1. The molecule has 1 amide bonds. The number of halogens is 1. The first kappa shape index (κ1) is 17.5. The molecule has 1 aliphatic rings. The number of hydrogen-bond acceptors (Lipinski definition) is 5. The van der Waals surface area contributed by atoms with Gasteiger partial charge in [-0.1, -0.05) is 18.5 Å². The minimum atomic E-state index is -0.317. The summed E-state index contributed by atoms with van der Waals surface area (Å²) in [5.74, 6) is 1.59. The van der Waals surface area contributed by atoms with Crippen molar-refractivity contribution in [2.75, 3.05) is 30.4 Å². The first-order valence-corrected chi connectivity index (χ1v) is 8.66. The fourth-order valence-electron chi connectivity index (χ4n) is 2.81. The molecule has 6 nitrogen and oxygen atoms in total. The van der Waals surface area contributed by atoms with Crippen LogP contribution in [-0.4, -0.2) is 36.1 Å². The second kappa shape index (κ2) is 7.70. The lowest BCUT2D eigenvalue weighted by molar-refractivity contribution is 0.102. The highest BCUT2D eigenvalue weighted by Crippen LogP contribution is 2.24. The molecule has 1 aromatic carbocycles. The lowest BCUT2D eigenvalue weighted by Gasteiger charge is -2.30. The number of nitrogens with zero attached hydrogens (tertiary/aromatic N) is 3. The number of anilines is 2. The van der Waals surface area contributed by atoms with Crippen molar-refractivity contribution in [1.29, 1.82) is 0 Å². The fraction of sp³-hybridized carbons (Fsp3) is 0.389. The van der Waals surface area contributed by atoms with Gasteiger partial charge in [0.05, 0.1) is 30.8 Å². The standard InChI is InChI=1S/C18H21ClN4O2/c1-12-5-7-23(8-6-12)18-20-10-14(11-21-18)22-17(24)15-9-13(19)3-4-16(15)25-2/h3-4,9-12H,5-8H2,1-2H3,(H,22,24). The van der Waals surface area contributed by atoms with Crippen LogP contribution in [0.25, 0.3) is 0 Å². The molecule has 0 spiro atoms. The van der Waals surface area contributed by atoms with Crippen LogP contribution in [0.1, 0.15) is 30.1 Å². The van der Waals surface area contributed by atoms with Crippen molar-refractivity contribution in [3.8, 4) is 5.75 Å². The van der Waals surface area contributed by atoms with Crippen molar-refractivity contribution < 1.29 is 9.53 Å². The van der Waals surface area contributed by atoms with Gasteiger partial charge in [0.2, 0.25) is 5.95 Å². The van der Waals surface area contributed by atoms with Gasteiger partial charge >= 0.3 is 0 Å². The zero-order valence-corrected chi connectivity index (χ0v) is 15.1. The summed E-state index contributed by atoms with van der Waals surface area (Å²) in [7, 11) is 1.51. The molecular weight excluding hydrogens is 340 g/mol. The van der Waals surface area contributed by atoms with Crippen LogP contribution in [0, 0.1) is 5.92 Å². The lowest BCUT2D eigenvalue weighted by Crippen LogP contribution is -2.34. The number of aromatic nitrogens is 2. The summed E-state index contributed by atoms with van der Waals surface area (Å²) in [6.45, 7) is 4.19. The second-order valence-corrected chi connectivity index (χ2v) is 6.68. The van der Waals surface area contributed by atoms with Gasteiger partial charge in [-0.2, -0.15) is 0 Å². The number of carbonyl (C=O) groups excluding carboxylic acids is 1. The van der Waals surface area contributed by atoms with E-state index in [4.69, 9.17) is 16.3 Å². The number of carbonyl (C=O) groups is 1. The smallest absolute Gasteiger partial charge is 0.259 e. The third kappa shape index (κ3) is 4.20. The molecule has 3 rings (SSSR count). The fourth-order valence-corrected chi connectivity index (χ4v) is 2.99. The topological polar surface area (TPSA) is 67.3 Å². The van der Waals surface area contributed by atoms with Gasteiger partial charge in [0, 0.05) is 18.1 Å². The third-order valence-electron chi connectivity index (χ3n) is 4.37. The minimum Gasteiger partial charge on any atom is -0.496 e. The average Bonchev–Trinajstić information content (AvgIpc) is 2.63. The largest absolute Gasteiger partial charge is 0.496 e. The predicted octanol–water partition coefficient (Wildman–Crippen LogP) is 3.63. The number of benzene rings is 1. The quantitative estimate of drug-likeness (QED) is 0.901. The number of nitrogens with one attached hydrogen (secondary N) is 1. The second-order valence-electron chi connectivity index (χ2n) is 6.24. The normalized spacial score (nSPS) is 15.1. The zero-order valence-electron chi connectivity index (χ0n) is 14.3. The van der Waals surface area contributed by atoms with E-state index in [-0.39, 0.29) is 5.91 Å². The van der Waals surface area contributed by atoms with Crippen LogP contribution in [-0.2, 0) is 0 Å². The van der Waals surface area contributed by atoms with Crippen LogP contribution in [0.4, 0.5) is 11.6 Å². The molecule has 132 valence electrons. The molecule has 0 saturated carbocycles. The van der Waals surface area contributed by atoms with Gasteiger partial charge in [-0.15, -0.1) is 0 Å². The van der Waals surface area contributed by atoms with Gasteiger partial charge < -0.3 is 15.0 Å². The van der Waals surface area contributed by atoms with E-state index in [1.165, 1.54) is 7.11 Å². The maximum atomic E-state index is 12.5. The molecule has 1 N–H and O–H groups in total. The maximum absolute atomic E-state index is 12.5. The molecule has 0 atom stereocenters. The summed E-state index contributed by atoms with van der Waals surface area (Å²) >= 11 is 5.97. The van der Waals surface area contributed by atoms with Gasteiger partial charge in [0.25, 0.3) is 5.91 Å². The van der Waals surface area contributed by atoms with Gasteiger partial charge in [-0.25, -0.2) is 9.97 Å². The van der Waals surface area contributed by atoms with Gasteiger partial charge in [0.1, 0.15) is 5.75 Å². The van der Waals surface area contributed by atoms with Crippen LogP contribution in [0.5, 0.6) is 5.75 Å². The third-order valence-corrected chi connectivity index (χ3v) is 4.60. The molecule has 0 unspecified atom stereocenters. The number of methoxy groups -OCH3 is 1. The van der Waals surface area contributed by atoms with E-state index in [1.807, 2.05) is 0 Å². The molecular formula is C18H21ClN4O2. The highest BCUT2D eigenvalue weighted by atomic mass is 35.5. The molecule has 0 aliphatic carbocycles. The molecule has 2 aromatic rings. The SMILES string of the molecule is COc1ccc(Cl)cc1C(=O)Nc1cnc(N2CCC(C)CC2)nc1. The van der Waals surface area contributed by atoms with Crippen molar-refractivity contribution in [1.82, 2.24) is 9.97 Å². The first-order chi connectivity index (χ1) is 12.1. The van der Waals surface area contributed by atoms with E-state index in [0.717, 1.165) is 31.8 Å². The van der Waals surface area contributed by atoms with E-state index < -0.39 is 0 Å². The van der Waals surface area contributed by atoms with E-state index in [9.17, 15) is 4.79 Å². The molecule has 1 saturated heterocycles. The molecule has 1 aliphatic heterocycles. The summed E-state index contributed by atoms with van der Waals surface area (Å²) in [4.78, 5) is 23.4. The van der Waals surface area contributed by atoms with E-state index in [0.29, 0.717) is 28.0 Å². The van der Waals surface area contributed by atoms with Gasteiger partial charge in [-0.05, 0) is 37.0 Å². The van der Waals surface area contributed by atoms with Crippen LogP contribution in [0.2, 0.25) is 5.02 Å². The van der Waals surface area contributed by atoms with E-state index in [1.54, 1.807) is 30.6 Å². The summed E-state index contributed by atoms with van der Waals surface area (Å²) < 4.78 is 5.21. The molecule has 7 heteroatoms. The van der Waals surface area contributed by atoms with Crippen molar-refractivity contribution in [3.63, 3.8) is 0 Å². The van der Waals surface area contributed by atoms with Crippen molar-refractivity contribution in [2.24, 2.45) is 5.92 Å². The van der Waals surface area contributed by atoms with Gasteiger partial charge in [0.15, 0.2) is 0 Å². The monoisotopic (exact) mass is 360 g/mol. The number of hydrogen-bond donors (Lipinski definition) is 1. The molecule has 25 heavy (non-hydrogen) atoms. The Hall–Kier alpha value is -2.34. The Morgan fingerprint density at radius 2 is 1.96 bits per heavy atom. The zero-order chi connectivity index (χ0) is 17.8. The maximum Gasteiger partial charge on any atom is 0.259 e. The number of amides is 1. The molecule has 1 aromatic heterocycles. The summed E-state index contributed by atoms with van der Waals surface area (Å²) in [6.07, 6.45) is 5.54. The van der Waals surface area contributed by atoms with Crippen molar-refractivity contribution in [2.45, 2.75) is 19.8 Å². The Labute approximate surface area is 152 Å².